The highest BCUT2D eigenvalue weighted by atomic mass is 32.1. The minimum Gasteiger partial charge on any atom is -0.505 e. The number of H-pyrrole nitrogens is 1. The lowest BCUT2D eigenvalue weighted by Crippen LogP contribution is -2.23. The smallest absolute Gasteiger partial charge is 0.265 e. The SMILES string of the molecule is Cc1cccc(NC(=O)c2c(O)c3sccc3[nH]c2=O)c1. The van der Waals surface area contributed by atoms with Crippen LogP contribution in [0.25, 0.3) is 10.2 Å². The van der Waals surface area contributed by atoms with Crippen molar-refractivity contribution in [3.8, 4) is 5.75 Å². The van der Waals surface area contributed by atoms with Gasteiger partial charge in [-0.05, 0) is 36.1 Å². The lowest BCUT2D eigenvalue weighted by atomic mass is 10.2. The molecule has 0 aliphatic heterocycles. The van der Waals surface area contributed by atoms with E-state index < -0.39 is 11.5 Å². The molecule has 0 saturated heterocycles. The number of aromatic hydroxyl groups is 1. The zero-order chi connectivity index (χ0) is 15.0. The number of anilines is 1. The van der Waals surface area contributed by atoms with E-state index in [1.807, 2.05) is 13.0 Å². The molecule has 2 heterocycles. The number of aromatic amines is 1. The number of aryl methyl sites for hydroxylation is 1. The van der Waals surface area contributed by atoms with Gasteiger partial charge in [0.2, 0.25) is 0 Å². The van der Waals surface area contributed by atoms with Crippen molar-refractivity contribution in [2.45, 2.75) is 6.92 Å². The minimum atomic E-state index is -0.630. The number of aromatic nitrogens is 1. The molecule has 2 aromatic heterocycles. The van der Waals surface area contributed by atoms with Crippen LogP contribution in [0.5, 0.6) is 5.75 Å². The molecule has 3 N–H and O–H groups in total. The molecule has 1 aromatic carbocycles. The second-order valence-corrected chi connectivity index (χ2v) is 5.58. The van der Waals surface area contributed by atoms with Gasteiger partial charge >= 0.3 is 0 Å². The van der Waals surface area contributed by atoms with E-state index in [1.54, 1.807) is 29.6 Å². The molecule has 106 valence electrons. The fourth-order valence-corrected chi connectivity index (χ4v) is 2.92. The van der Waals surface area contributed by atoms with E-state index >= 15 is 0 Å². The topological polar surface area (TPSA) is 82.2 Å². The number of thiophene rings is 1. The third kappa shape index (κ3) is 2.41. The Hall–Kier alpha value is -2.60. The number of carbonyl (C=O) groups excluding carboxylic acids is 1. The molecule has 1 amide bonds. The van der Waals surface area contributed by atoms with E-state index in [1.165, 1.54) is 11.3 Å². The molecule has 0 saturated carbocycles. The molecule has 0 unspecified atom stereocenters. The molecule has 0 fully saturated rings. The summed E-state index contributed by atoms with van der Waals surface area (Å²) in [5.74, 6) is -0.913. The van der Waals surface area contributed by atoms with Crippen LogP contribution in [-0.4, -0.2) is 16.0 Å². The van der Waals surface area contributed by atoms with Gasteiger partial charge in [0.05, 0.1) is 10.2 Å². The molecule has 0 spiro atoms. The summed E-state index contributed by atoms with van der Waals surface area (Å²) >= 11 is 1.26. The molecule has 5 nitrogen and oxygen atoms in total. The molecule has 0 bridgehead atoms. The van der Waals surface area contributed by atoms with E-state index in [0.717, 1.165) is 5.56 Å². The Balaban J connectivity index is 2.03. The highest BCUT2D eigenvalue weighted by Gasteiger charge is 2.19. The molecule has 0 radical (unpaired) electrons. The first-order valence-electron chi connectivity index (χ1n) is 6.27. The number of pyridine rings is 1. The maximum absolute atomic E-state index is 12.2. The van der Waals surface area contributed by atoms with E-state index in [4.69, 9.17) is 0 Å². The van der Waals surface area contributed by atoms with Gasteiger partial charge in [-0.25, -0.2) is 0 Å². The standard InChI is InChI=1S/C15H12N2O3S/c1-8-3-2-4-9(7-8)16-14(19)11-12(18)13-10(5-6-21-13)17-15(11)20/h2-7H,1H3,(H,16,19)(H2,17,18,20). The summed E-state index contributed by atoms with van der Waals surface area (Å²) in [5.41, 5.74) is 1.20. The van der Waals surface area contributed by atoms with Crippen molar-refractivity contribution in [2.75, 3.05) is 5.32 Å². The molecule has 21 heavy (non-hydrogen) atoms. The van der Waals surface area contributed by atoms with Crippen molar-refractivity contribution >= 4 is 33.1 Å². The Bertz CT molecular complexity index is 895. The Morgan fingerprint density at radius 1 is 1.33 bits per heavy atom. The van der Waals surface area contributed by atoms with Crippen molar-refractivity contribution in [2.24, 2.45) is 0 Å². The molecular formula is C15H12N2O3S. The van der Waals surface area contributed by atoms with Gasteiger partial charge in [-0.2, -0.15) is 0 Å². The summed E-state index contributed by atoms with van der Waals surface area (Å²) in [6.07, 6.45) is 0. The zero-order valence-electron chi connectivity index (χ0n) is 11.1. The summed E-state index contributed by atoms with van der Waals surface area (Å²) < 4.78 is 0.490. The predicted octanol–water partition coefficient (Wildman–Crippen LogP) is 2.86. The van der Waals surface area contributed by atoms with Gasteiger partial charge in [-0.1, -0.05) is 12.1 Å². The number of hydrogen-bond donors (Lipinski definition) is 3. The third-order valence-corrected chi connectivity index (χ3v) is 4.02. The highest BCUT2D eigenvalue weighted by Crippen LogP contribution is 2.29. The van der Waals surface area contributed by atoms with Crippen LogP contribution in [0.2, 0.25) is 0 Å². The van der Waals surface area contributed by atoms with Crippen molar-refractivity contribution in [3.05, 3.63) is 57.2 Å². The number of amides is 1. The van der Waals surface area contributed by atoms with E-state index in [-0.39, 0.29) is 11.3 Å². The van der Waals surface area contributed by atoms with Crippen LogP contribution in [0.15, 0.2) is 40.5 Å². The van der Waals surface area contributed by atoms with Gasteiger partial charge in [-0.15, -0.1) is 11.3 Å². The summed E-state index contributed by atoms with van der Waals surface area (Å²) in [6, 6.07) is 8.89. The molecule has 6 heteroatoms. The van der Waals surface area contributed by atoms with Gasteiger partial charge in [-0.3, -0.25) is 9.59 Å². The summed E-state index contributed by atoms with van der Waals surface area (Å²) in [4.78, 5) is 26.8. The second-order valence-electron chi connectivity index (χ2n) is 4.66. The molecular weight excluding hydrogens is 288 g/mol. The molecule has 3 aromatic rings. The van der Waals surface area contributed by atoms with Crippen LogP contribution in [0, 0.1) is 6.92 Å². The van der Waals surface area contributed by atoms with Gasteiger partial charge in [0, 0.05) is 5.69 Å². The number of rotatable bonds is 2. The largest absolute Gasteiger partial charge is 0.505 e. The van der Waals surface area contributed by atoms with E-state index in [2.05, 4.69) is 10.3 Å². The first kappa shape index (κ1) is 13.4. The fraction of sp³-hybridized carbons (Fsp3) is 0.0667. The molecule has 3 rings (SSSR count). The van der Waals surface area contributed by atoms with Crippen LogP contribution in [0.1, 0.15) is 15.9 Å². The Morgan fingerprint density at radius 3 is 2.90 bits per heavy atom. The molecule has 0 atom stereocenters. The number of carbonyl (C=O) groups is 1. The van der Waals surface area contributed by atoms with Gasteiger partial charge < -0.3 is 15.4 Å². The zero-order valence-corrected chi connectivity index (χ0v) is 12.0. The molecule has 0 aliphatic rings. The Morgan fingerprint density at radius 2 is 2.14 bits per heavy atom. The van der Waals surface area contributed by atoms with Gasteiger partial charge in [0.1, 0.15) is 5.56 Å². The monoisotopic (exact) mass is 300 g/mol. The summed E-state index contributed by atoms with van der Waals surface area (Å²) in [5, 5.41) is 14.5. The van der Waals surface area contributed by atoms with Crippen molar-refractivity contribution in [1.29, 1.82) is 0 Å². The average Bonchev–Trinajstić information content (AvgIpc) is 2.87. The fourth-order valence-electron chi connectivity index (χ4n) is 2.12. The van der Waals surface area contributed by atoms with E-state index in [9.17, 15) is 14.7 Å². The number of benzene rings is 1. The maximum atomic E-state index is 12.2. The van der Waals surface area contributed by atoms with Crippen LogP contribution < -0.4 is 10.9 Å². The van der Waals surface area contributed by atoms with Crippen molar-refractivity contribution in [3.63, 3.8) is 0 Å². The lowest BCUT2D eigenvalue weighted by Gasteiger charge is -2.07. The third-order valence-electron chi connectivity index (χ3n) is 3.10. The maximum Gasteiger partial charge on any atom is 0.265 e. The Labute approximate surface area is 123 Å². The number of nitrogens with one attached hydrogen (secondary N) is 2. The first-order valence-corrected chi connectivity index (χ1v) is 7.14. The number of hydrogen-bond acceptors (Lipinski definition) is 4. The van der Waals surface area contributed by atoms with Gasteiger partial charge in [0.15, 0.2) is 5.75 Å². The average molecular weight is 300 g/mol. The van der Waals surface area contributed by atoms with Crippen LogP contribution in [0.3, 0.4) is 0 Å². The lowest BCUT2D eigenvalue weighted by molar-refractivity contribution is 0.102. The predicted molar refractivity (Wildman–Crippen MR) is 83.2 cm³/mol. The van der Waals surface area contributed by atoms with E-state index in [0.29, 0.717) is 15.9 Å². The minimum absolute atomic E-state index is 0.272. The van der Waals surface area contributed by atoms with Crippen LogP contribution in [0.4, 0.5) is 5.69 Å². The summed E-state index contributed by atoms with van der Waals surface area (Å²) in [7, 11) is 0. The quantitative estimate of drug-likeness (QED) is 0.680. The van der Waals surface area contributed by atoms with Crippen molar-refractivity contribution < 1.29 is 9.90 Å². The molecule has 0 aliphatic carbocycles. The first-order chi connectivity index (χ1) is 10.1. The van der Waals surface area contributed by atoms with Crippen LogP contribution >= 0.6 is 11.3 Å². The van der Waals surface area contributed by atoms with Gasteiger partial charge in [0.25, 0.3) is 11.5 Å². The van der Waals surface area contributed by atoms with Crippen LogP contribution in [-0.2, 0) is 0 Å². The normalized spacial score (nSPS) is 10.7. The summed E-state index contributed by atoms with van der Waals surface area (Å²) in [6.45, 7) is 1.90. The van der Waals surface area contributed by atoms with Crippen molar-refractivity contribution in [1.82, 2.24) is 4.98 Å². The Kier molecular flexibility index (Phi) is 3.23. The highest BCUT2D eigenvalue weighted by molar-refractivity contribution is 7.17. The second kappa shape index (κ2) is 5.06. The number of fused-ring (bicyclic) bond motifs is 1.